The molecule has 0 fully saturated rings. The zero-order valence-electron chi connectivity index (χ0n) is 28.1. The lowest BCUT2D eigenvalue weighted by molar-refractivity contribution is 0.669. The van der Waals surface area contributed by atoms with Gasteiger partial charge in [-0.05, 0) is 96.0 Å². The molecular weight excluding hydrogens is 649 g/mol. The number of rotatable bonds is 4. The van der Waals surface area contributed by atoms with Crippen LogP contribution in [0.25, 0.3) is 108 Å². The minimum atomic E-state index is 0.905. The SMILES string of the molecule is c1ccc(-c2sc3cc4c(cc3c2-c2ccccc2)oc2ccc(-c3c5ccccc5c(-c5ccc6ccccc6c5)c5ccccc35)cc24)cc1. The molecule has 9 aromatic carbocycles. The van der Waals surface area contributed by atoms with Gasteiger partial charge >= 0.3 is 0 Å². The van der Waals surface area contributed by atoms with E-state index in [1.807, 2.05) is 11.3 Å². The second-order valence-electron chi connectivity index (χ2n) is 13.6. The summed E-state index contributed by atoms with van der Waals surface area (Å²) in [6.45, 7) is 0. The van der Waals surface area contributed by atoms with Crippen LogP contribution in [0.5, 0.6) is 0 Å². The predicted molar refractivity (Wildman–Crippen MR) is 223 cm³/mol. The van der Waals surface area contributed by atoms with Crippen molar-refractivity contribution in [1.82, 2.24) is 0 Å². The summed E-state index contributed by atoms with van der Waals surface area (Å²) >= 11 is 1.86. The average Bonchev–Trinajstić information content (AvgIpc) is 3.76. The highest BCUT2D eigenvalue weighted by Gasteiger charge is 2.21. The standard InChI is InChI=1S/C50H30OS/c1-3-14-32(15-4-1)49-43-29-45-42(30-46(43)52-50(49)33-16-5-2-6-17-33)41-28-36(25-26-44(41)51-45)48-39-21-11-9-19-37(39)47(38-20-10-12-22-40(38)48)35-24-23-31-13-7-8-18-34(31)27-35/h1-30H. The summed E-state index contributed by atoms with van der Waals surface area (Å²) in [5.74, 6) is 0. The van der Waals surface area contributed by atoms with Gasteiger partial charge in [0.15, 0.2) is 0 Å². The van der Waals surface area contributed by atoms with Crippen LogP contribution in [0.4, 0.5) is 0 Å². The van der Waals surface area contributed by atoms with E-state index < -0.39 is 0 Å². The van der Waals surface area contributed by atoms with E-state index in [0.29, 0.717) is 0 Å². The molecule has 2 aromatic heterocycles. The Balaban J connectivity index is 1.15. The van der Waals surface area contributed by atoms with E-state index in [4.69, 9.17) is 4.42 Å². The Morgan fingerprint density at radius 1 is 0.308 bits per heavy atom. The van der Waals surface area contributed by atoms with Gasteiger partial charge < -0.3 is 4.42 Å². The summed E-state index contributed by atoms with van der Waals surface area (Å²) in [5, 5.41) is 11.0. The Labute approximate surface area is 304 Å². The first-order valence-corrected chi connectivity index (χ1v) is 18.6. The van der Waals surface area contributed by atoms with Gasteiger partial charge in [-0.3, -0.25) is 0 Å². The molecule has 2 heterocycles. The molecule has 11 aromatic rings. The summed E-state index contributed by atoms with van der Waals surface area (Å²) in [7, 11) is 0. The largest absolute Gasteiger partial charge is 0.456 e. The van der Waals surface area contributed by atoms with Crippen LogP contribution in [0.3, 0.4) is 0 Å². The Kier molecular flexibility index (Phi) is 6.49. The van der Waals surface area contributed by atoms with Gasteiger partial charge in [-0.15, -0.1) is 11.3 Å². The van der Waals surface area contributed by atoms with Crippen molar-refractivity contribution in [2.24, 2.45) is 0 Å². The van der Waals surface area contributed by atoms with Crippen molar-refractivity contribution < 1.29 is 4.42 Å². The number of furan rings is 1. The van der Waals surface area contributed by atoms with E-state index in [1.54, 1.807) is 0 Å². The third-order valence-electron chi connectivity index (χ3n) is 10.6. The van der Waals surface area contributed by atoms with Gasteiger partial charge in [-0.2, -0.15) is 0 Å². The molecule has 242 valence electrons. The normalized spacial score (nSPS) is 11.8. The monoisotopic (exact) mass is 678 g/mol. The van der Waals surface area contributed by atoms with E-state index in [9.17, 15) is 0 Å². The van der Waals surface area contributed by atoms with Crippen LogP contribution in [0.2, 0.25) is 0 Å². The summed E-state index contributed by atoms with van der Waals surface area (Å²) in [4.78, 5) is 1.28. The topological polar surface area (TPSA) is 13.1 Å². The van der Waals surface area contributed by atoms with Crippen molar-refractivity contribution in [3.63, 3.8) is 0 Å². The Bertz CT molecular complexity index is 3110. The van der Waals surface area contributed by atoms with Crippen LogP contribution in [-0.2, 0) is 0 Å². The van der Waals surface area contributed by atoms with Crippen LogP contribution < -0.4 is 0 Å². The molecule has 0 amide bonds. The van der Waals surface area contributed by atoms with Crippen LogP contribution in [0.15, 0.2) is 186 Å². The molecule has 0 saturated carbocycles. The predicted octanol–water partition coefficient (Wildman–Crippen LogP) is 14.9. The van der Waals surface area contributed by atoms with Crippen molar-refractivity contribution in [3.8, 4) is 43.8 Å². The first-order chi connectivity index (χ1) is 25.8. The fourth-order valence-corrected chi connectivity index (χ4v) is 9.55. The van der Waals surface area contributed by atoms with E-state index in [1.165, 1.54) is 86.2 Å². The number of fused-ring (bicyclic) bond motifs is 7. The molecule has 11 rings (SSSR count). The lowest BCUT2D eigenvalue weighted by Crippen LogP contribution is -1.91. The maximum atomic E-state index is 6.65. The average molecular weight is 679 g/mol. The van der Waals surface area contributed by atoms with Gasteiger partial charge in [0.05, 0.1) is 0 Å². The third-order valence-corrected chi connectivity index (χ3v) is 11.8. The molecule has 0 atom stereocenters. The number of benzene rings is 9. The molecule has 1 nitrogen and oxygen atoms in total. The highest BCUT2D eigenvalue weighted by Crippen LogP contribution is 2.48. The lowest BCUT2D eigenvalue weighted by Gasteiger charge is -2.18. The molecule has 0 N–H and O–H groups in total. The van der Waals surface area contributed by atoms with Gasteiger partial charge in [-0.25, -0.2) is 0 Å². The van der Waals surface area contributed by atoms with E-state index in [2.05, 4.69) is 182 Å². The smallest absolute Gasteiger partial charge is 0.136 e. The molecule has 0 unspecified atom stereocenters. The highest BCUT2D eigenvalue weighted by atomic mass is 32.1. The molecule has 2 heteroatoms. The molecule has 0 spiro atoms. The maximum absolute atomic E-state index is 6.65. The van der Waals surface area contributed by atoms with Crippen molar-refractivity contribution in [2.75, 3.05) is 0 Å². The summed E-state index contributed by atoms with van der Waals surface area (Å²) in [6.07, 6.45) is 0. The van der Waals surface area contributed by atoms with Crippen LogP contribution in [0.1, 0.15) is 0 Å². The molecule has 0 aliphatic carbocycles. The van der Waals surface area contributed by atoms with E-state index >= 15 is 0 Å². The minimum Gasteiger partial charge on any atom is -0.456 e. The zero-order valence-corrected chi connectivity index (χ0v) is 29.0. The second kappa shape index (κ2) is 11.5. The van der Waals surface area contributed by atoms with Crippen LogP contribution in [0, 0.1) is 0 Å². The third kappa shape index (κ3) is 4.48. The Morgan fingerprint density at radius 2 is 0.846 bits per heavy atom. The van der Waals surface area contributed by atoms with E-state index in [0.717, 1.165) is 21.9 Å². The quantitative estimate of drug-likeness (QED) is 0.169. The fourth-order valence-electron chi connectivity index (χ4n) is 8.30. The van der Waals surface area contributed by atoms with Gasteiger partial charge in [0.1, 0.15) is 11.2 Å². The fraction of sp³-hybridized carbons (Fsp3) is 0. The Morgan fingerprint density at radius 3 is 1.52 bits per heavy atom. The first-order valence-electron chi connectivity index (χ1n) is 17.8. The molecule has 0 aliphatic heterocycles. The van der Waals surface area contributed by atoms with Gasteiger partial charge in [0.25, 0.3) is 0 Å². The van der Waals surface area contributed by atoms with Crippen molar-refractivity contribution in [3.05, 3.63) is 182 Å². The summed E-state index contributed by atoms with van der Waals surface area (Å²) in [6, 6.07) is 66.1. The van der Waals surface area contributed by atoms with Crippen LogP contribution >= 0.6 is 11.3 Å². The molecular formula is C50H30OS. The molecule has 0 aliphatic rings. The molecule has 0 saturated heterocycles. The molecule has 0 bridgehead atoms. The minimum absolute atomic E-state index is 0.905. The summed E-state index contributed by atoms with van der Waals surface area (Å²) in [5.41, 5.74) is 10.5. The van der Waals surface area contributed by atoms with Crippen LogP contribution in [-0.4, -0.2) is 0 Å². The van der Waals surface area contributed by atoms with Gasteiger partial charge in [-0.1, -0.05) is 152 Å². The number of hydrogen-bond donors (Lipinski definition) is 0. The Hall–Kier alpha value is -6.48. The highest BCUT2D eigenvalue weighted by molar-refractivity contribution is 7.23. The lowest BCUT2D eigenvalue weighted by atomic mass is 9.85. The maximum Gasteiger partial charge on any atom is 0.136 e. The van der Waals surface area contributed by atoms with Gasteiger partial charge in [0.2, 0.25) is 0 Å². The van der Waals surface area contributed by atoms with Gasteiger partial charge in [0, 0.05) is 31.3 Å². The van der Waals surface area contributed by atoms with Crippen molar-refractivity contribution >= 4 is 75.7 Å². The first kappa shape index (κ1) is 29.3. The van der Waals surface area contributed by atoms with Crippen molar-refractivity contribution in [1.29, 1.82) is 0 Å². The van der Waals surface area contributed by atoms with E-state index in [-0.39, 0.29) is 0 Å². The zero-order chi connectivity index (χ0) is 34.2. The number of hydrogen-bond acceptors (Lipinski definition) is 2. The second-order valence-corrected chi connectivity index (χ2v) is 14.7. The number of thiophene rings is 1. The van der Waals surface area contributed by atoms with Crippen molar-refractivity contribution in [2.45, 2.75) is 0 Å². The molecule has 52 heavy (non-hydrogen) atoms. The summed E-state index contributed by atoms with van der Waals surface area (Å²) < 4.78 is 7.91. The molecule has 0 radical (unpaired) electrons.